The predicted molar refractivity (Wildman–Crippen MR) is 69.8 cm³/mol. The van der Waals surface area contributed by atoms with E-state index in [-0.39, 0.29) is 0 Å². The van der Waals surface area contributed by atoms with Gasteiger partial charge in [-0.25, -0.2) is 0 Å². The summed E-state index contributed by atoms with van der Waals surface area (Å²) in [7, 11) is 1.71. The van der Waals surface area contributed by atoms with Crippen molar-refractivity contribution in [3.05, 3.63) is 40.4 Å². The van der Waals surface area contributed by atoms with Crippen molar-refractivity contribution >= 4 is 17.7 Å². The molecule has 0 unspecified atom stereocenters. The molecule has 1 rings (SSSR count). The van der Waals surface area contributed by atoms with Crippen LogP contribution in [0.4, 0.5) is 0 Å². The van der Waals surface area contributed by atoms with Gasteiger partial charge in [0.25, 0.3) is 0 Å². The fourth-order valence-corrected chi connectivity index (χ4v) is 1.48. The summed E-state index contributed by atoms with van der Waals surface area (Å²) in [6.45, 7) is 4.61. The summed E-state index contributed by atoms with van der Waals surface area (Å²) in [4.78, 5) is 0. The quantitative estimate of drug-likeness (QED) is 0.771. The summed E-state index contributed by atoms with van der Waals surface area (Å²) in [5.74, 6) is 0. The highest BCUT2D eigenvalue weighted by Crippen LogP contribution is 2.12. The Bertz CT molecular complexity index is 332. The SMILES string of the molecule is COCCNCC(C)=Cc1ccc(Cl)cc1. The molecular weight excluding hydrogens is 222 g/mol. The van der Waals surface area contributed by atoms with Gasteiger partial charge in [0.2, 0.25) is 0 Å². The van der Waals surface area contributed by atoms with Crippen molar-refractivity contribution in [2.45, 2.75) is 6.92 Å². The van der Waals surface area contributed by atoms with Gasteiger partial charge in [0.15, 0.2) is 0 Å². The fourth-order valence-electron chi connectivity index (χ4n) is 1.35. The zero-order chi connectivity index (χ0) is 11.8. The lowest BCUT2D eigenvalue weighted by Gasteiger charge is -2.04. The second kappa shape index (κ2) is 7.44. The van der Waals surface area contributed by atoms with E-state index in [1.54, 1.807) is 7.11 Å². The van der Waals surface area contributed by atoms with E-state index in [2.05, 4.69) is 18.3 Å². The van der Waals surface area contributed by atoms with Crippen molar-refractivity contribution in [3.8, 4) is 0 Å². The third-order valence-electron chi connectivity index (χ3n) is 2.17. The van der Waals surface area contributed by atoms with Crippen molar-refractivity contribution in [1.82, 2.24) is 5.32 Å². The summed E-state index contributed by atoms with van der Waals surface area (Å²) in [6, 6.07) is 7.83. The molecule has 1 aromatic carbocycles. The third kappa shape index (κ3) is 5.31. The molecule has 0 amide bonds. The first-order valence-electron chi connectivity index (χ1n) is 5.35. The first-order chi connectivity index (χ1) is 7.72. The van der Waals surface area contributed by atoms with Gasteiger partial charge >= 0.3 is 0 Å². The van der Waals surface area contributed by atoms with E-state index in [9.17, 15) is 0 Å². The zero-order valence-electron chi connectivity index (χ0n) is 9.79. The molecule has 0 spiro atoms. The highest BCUT2D eigenvalue weighted by molar-refractivity contribution is 6.30. The summed E-state index contributed by atoms with van der Waals surface area (Å²) in [5, 5.41) is 4.07. The molecule has 0 aliphatic carbocycles. The number of halogens is 1. The number of hydrogen-bond acceptors (Lipinski definition) is 2. The Hall–Kier alpha value is -0.830. The Morgan fingerprint density at radius 3 is 2.69 bits per heavy atom. The topological polar surface area (TPSA) is 21.3 Å². The zero-order valence-corrected chi connectivity index (χ0v) is 10.6. The summed E-state index contributed by atoms with van der Waals surface area (Å²) in [5.41, 5.74) is 2.47. The Morgan fingerprint density at radius 1 is 1.38 bits per heavy atom. The molecule has 0 saturated heterocycles. The average Bonchev–Trinajstić information content (AvgIpc) is 2.28. The smallest absolute Gasteiger partial charge is 0.0587 e. The average molecular weight is 240 g/mol. The lowest BCUT2D eigenvalue weighted by molar-refractivity contribution is 0.200. The van der Waals surface area contributed by atoms with E-state index < -0.39 is 0 Å². The van der Waals surface area contributed by atoms with Crippen LogP contribution < -0.4 is 5.32 Å². The molecule has 0 radical (unpaired) electrons. The van der Waals surface area contributed by atoms with Crippen LogP contribution in [0.2, 0.25) is 5.02 Å². The monoisotopic (exact) mass is 239 g/mol. The van der Waals surface area contributed by atoms with E-state index in [1.165, 1.54) is 11.1 Å². The number of nitrogens with one attached hydrogen (secondary N) is 1. The Morgan fingerprint density at radius 2 is 2.06 bits per heavy atom. The minimum atomic E-state index is 0.744. The maximum Gasteiger partial charge on any atom is 0.0587 e. The third-order valence-corrected chi connectivity index (χ3v) is 2.42. The van der Waals surface area contributed by atoms with Gasteiger partial charge in [0.05, 0.1) is 6.61 Å². The molecule has 16 heavy (non-hydrogen) atoms. The first-order valence-corrected chi connectivity index (χ1v) is 5.72. The molecule has 0 bridgehead atoms. The fraction of sp³-hybridized carbons (Fsp3) is 0.385. The van der Waals surface area contributed by atoms with Gasteiger partial charge in [-0.3, -0.25) is 0 Å². The molecule has 0 aliphatic rings. The van der Waals surface area contributed by atoms with Gasteiger partial charge in [0.1, 0.15) is 0 Å². The minimum Gasteiger partial charge on any atom is -0.383 e. The van der Waals surface area contributed by atoms with E-state index in [1.807, 2.05) is 24.3 Å². The van der Waals surface area contributed by atoms with Crippen LogP contribution in [-0.4, -0.2) is 26.8 Å². The number of benzene rings is 1. The Balaban J connectivity index is 2.40. The molecule has 88 valence electrons. The van der Waals surface area contributed by atoms with Crippen LogP contribution in [0.1, 0.15) is 12.5 Å². The van der Waals surface area contributed by atoms with Gasteiger partial charge in [0, 0.05) is 25.2 Å². The second-order valence-corrected chi connectivity index (χ2v) is 4.15. The largest absolute Gasteiger partial charge is 0.383 e. The van der Waals surface area contributed by atoms with Crippen molar-refractivity contribution in [1.29, 1.82) is 0 Å². The van der Waals surface area contributed by atoms with E-state index in [0.717, 1.165) is 24.7 Å². The number of methoxy groups -OCH3 is 1. The van der Waals surface area contributed by atoms with Gasteiger partial charge in [-0.2, -0.15) is 0 Å². The molecular formula is C13H18ClNO. The number of rotatable bonds is 6. The maximum absolute atomic E-state index is 5.82. The minimum absolute atomic E-state index is 0.744. The van der Waals surface area contributed by atoms with Gasteiger partial charge in [-0.05, 0) is 24.6 Å². The van der Waals surface area contributed by atoms with Gasteiger partial charge in [-0.15, -0.1) is 0 Å². The van der Waals surface area contributed by atoms with Crippen LogP contribution >= 0.6 is 11.6 Å². The van der Waals surface area contributed by atoms with Gasteiger partial charge < -0.3 is 10.1 Å². The van der Waals surface area contributed by atoms with Gasteiger partial charge in [-0.1, -0.05) is 35.4 Å². The van der Waals surface area contributed by atoms with Crippen LogP contribution in [0.25, 0.3) is 6.08 Å². The molecule has 1 aromatic rings. The molecule has 0 aliphatic heterocycles. The van der Waals surface area contributed by atoms with Crippen LogP contribution in [-0.2, 0) is 4.74 Å². The molecule has 1 N–H and O–H groups in total. The lowest BCUT2D eigenvalue weighted by Crippen LogP contribution is -2.20. The molecule has 0 saturated carbocycles. The normalized spacial score (nSPS) is 11.8. The van der Waals surface area contributed by atoms with Crippen LogP contribution in [0.3, 0.4) is 0 Å². The molecule has 0 fully saturated rings. The van der Waals surface area contributed by atoms with Crippen LogP contribution in [0.5, 0.6) is 0 Å². The highest BCUT2D eigenvalue weighted by Gasteiger charge is 1.92. The summed E-state index contributed by atoms with van der Waals surface area (Å²) >= 11 is 5.82. The standard InChI is InChI=1S/C13H18ClNO/c1-11(10-15-7-8-16-2)9-12-3-5-13(14)6-4-12/h3-6,9,15H,7-8,10H2,1-2H3. The number of ether oxygens (including phenoxy) is 1. The van der Waals surface area contributed by atoms with Crippen LogP contribution in [0.15, 0.2) is 29.8 Å². The second-order valence-electron chi connectivity index (χ2n) is 3.71. The maximum atomic E-state index is 5.82. The highest BCUT2D eigenvalue weighted by atomic mass is 35.5. The molecule has 3 heteroatoms. The van der Waals surface area contributed by atoms with Crippen molar-refractivity contribution in [2.24, 2.45) is 0 Å². The Kier molecular flexibility index (Phi) is 6.16. The summed E-state index contributed by atoms with van der Waals surface area (Å²) in [6.07, 6.45) is 2.15. The number of hydrogen-bond donors (Lipinski definition) is 1. The molecule has 0 aromatic heterocycles. The Labute approximate surface area is 102 Å². The molecule has 0 heterocycles. The van der Waals surface area contributed by atoms with Crippen molar-refractivity contribution in [2.75, 3.05) is 26.8 Å². The van der Waals surface area contributed by atoms with Crippen molar-refractivity contribution in [3.63, 3.8) is 0 Å². The molecule has 0 atom stereocenters. The lowest BCUT2D eigenvalue weighted by atomic mass is 10.1. The van der Waals surface area contributed by atoms with Crippen LogP contribution in [0, 0.1) is 0 Å². The first kappa shape index (κ1) is 13.2. The van der Waals surface area contributed by atoms with E-state index in [0.29, 0.717) is 0 Å². The van der Waals surface area contributed by atoms with E-state index in [4.69, 9.17) is 16.3 Å². The predicted octanol–water partition coefficient (Wildman–Crippen LogP) is 2.98. The molecule has 2 nitrogen and oxygen atoms in total. The van der Waals surface area contributed by atoms with Crippen molar-refractivity contribution < 1.29 is 4.74 Å². The van der Waals surface area contributed by atoms with E-state index >= 15 is 0 Å². The summed E-state index contributed by atoms with van der Waals surface area (Å²) < 4.78 is 4.96.